The lowest BCUT2D eigenvalue weighted by Gasteiger charge is -2.24. The second kappa shape index (κ2) is 6.96. The van der Waals surface area contributed by atoms with Gasteiger partial charge in [0.05, 0.1) is 17.0 Å². The van der Waals surface area contributed by atoms with Crippen LogP contribution < -0.4 is 19.1 Å². The third kappa shape index (κ3) is 2.79. The van der Waals surface area contributed by atoms with Gasteiger partial charge in [0.15, 0.2) is 11.5 Å². The lowest BCUT2D eigenvalue weighted by molar-refractivity contribution is 0.173. The molecule has 3 aromatic carbocycles. The normalized spacial score (nSPS) is 19.6. The minimum Gasteiger partial charge on any atom is -0.492 e. The minimum absolute atomic E-state index is 0.250. The van der Waals surface area contributed by atoms with E-state index in [2.05, 4.69) is 35.2 Å². The van der Waals surface area contributed by atoms with Gasteiger partial charge in [-0.3, -0.25) is 0 Å². The summed E-state index contributed by atoms with van der Waals surface area (Å²) in [6, 6.07) is 24.4. The second-order valence-corrected chi connectivity index (χ2v) is 9.10. The van der Waals surface area contributed by atoms with Crippen LogP contribution in [0.3, 0.4) is 0 Å². The van der Waals surface area contributed by atoms with Crippen LogP contribution in [0.15, 0.2) is 77.2 Å². The average molecular weight is 458 g/mol. The SMILES string of the molecule is Clc1ccccc1-c1ccc(CN2CC3(COc4cc5c(cc43)OCO5)c3ccccc32)o1. The molecule has 0 aliphatic carbocycles. The number of rotatable bonds is 3. The van der Waals surface area contributed by atoms with Gasteiger partial charge in [0.1, 0.15) is 23.9 Å². The fourth-order valence-electron chi connectivity index (χ4n) is 5.30. The molecule has 5 nitrogen and oxygen atoms in total. The Morgan fingerprint density at radius 1 is 0.818 bits per heavy atom. The van der Waals surface area contributed by atoms with Crippen LogP contribution in [0, 0.1) is 0 Å². The molecule has 4 aromatic rings. The molecule has 4 heterocycles. The molecule has 1 atom stereocenters. The number of furan rings is 1. The fraction of sp³-hybridized carbons (Fsp3) is 0.185. The Hall–Kier alpha value is -3.57. The number of benzene rings is 3. The van der Waals surface area contributed by atoms with Crippen LogP contribution in [-0.2, 0) is 12.0 Å². The van der Waals surface area contributed by atoms with Crippen LogP contribution in [0.1, 0.15) is 16.9 Å². The largest absolute Gasteiger partial charge is 0.492 e. The Bertz CT molecular complexity index is 1400. The van der Waals surface area contributed by atoms with Gasteiger partial charge in [-0.15, -0.1) is 0 Å². The van der Waals surface area contributed by atoms with Crippen molar-refractivity contribution in [2.75, 3.05) is 24.8 Å². The molecular weight excluding hydrogens is 438 g/mol. The van der Waals surface area contributed by atoms with E-state index < -0.39 is 0 Å². The number of para-hydroxylation sites is 1. The molecule has 0 saturated heterocycles. The summed E-state index contributed by atoms with van der Waals surface area (Å²) in [4.78, 5) is 2.37. The molecular formula is C27H20ClNO4. The molecule has 0 N–H and O–H groups in total. The van der Waals surface area contributed by atoms with Crippen LogP contribution in [0.4, 0.5) is 5.69 Å². The van der Waals surface area contributed by atoms with Crippen molar-refractivity contribution >= 4 is 17.3 Å². The highest BCUT2D eigenvalue weighted by molar-refractivity contribution is 6.33. The first-order valence-electron chi connectivity index (χ1n) is 11.0. The van der Waals surface area contributed by atoms with Gasteiger partial charge in [-0.2, -0.15) is 0 Å². The Morgan fingerprint density at radius 2 is 1.64 bits per heavy atom. The lowest BCUT2D eigenvalue weighted by atomic mass is 9.77. The van der Waals surface area contributed by atoms with Crippen molar-refractivity contribution in [3.8, 4) is 28.6 Å². The molecule has 0 radical (unpaired) electrons. The van der Waals surface area contributed by atoms with Crippen molar-refractivity contribution in [2.45, 2.75) is 12.0 Å². The van der Waals surface area contributed by atoms with Crippen molar-refractivity contribution in [2.24, 2.45) is 0 Å². The predicted molar refractivity (Wildman–Crippen MR) is 125 cm³/mol. The van der Waals surface area contributed by atoms with Gasteiger partial charge >= 0.3 is 0 Å². The van der Waals surface area contributed by atoms with E-state index in [0.29, 0.717) is 18.2 Å². The number of nitrogens with zero attached hydrogens (tertiary/aromatic N) is 1. The van der Waals surface area contributed by atoms with Crippen molar-refractivity contribution in [3.63, 3.8) is 0 Å². The molecule has 3 aliphatic rings. The summed E-state index contributed by atoms with van der Waals surface area (Å²) in [5, 5.41) is 0.683. The molecule has 6 heteroatoms. The third-order valence-electron chi connectivity index (χ3n) is 6.83. The Labute approximate surface area is 196 Å². The molecule has 33 heavy (non-hydrogen) atoms. The maximum atomic E-state index is 6.37. The summed E-state index contributed by atoms with van der Waals surface area (Å²) in [6.45, 7) is 2.28. The number of fused-ring (bicyclic) bond motifs is 5. The van der Waals surface area contributed by atoms with Gasteiger partial charge in [-0.05, 0) is 42.0 Å². The summed E-state index contributed by atoms with van der Waals surface area (Å²) in [5.74, 6) is 4.07. The molecule has 0 amide bonds. The van der Waals surface area contributed by atoms with E-state index in [1.54, 1.807) is 0 Å². The molecule has 7 rings (SSSR count). The number of halogens is 1. The van der Waals surface area contributed by atoms with Gasteiger partial charge in [-0.25, -0.2) is 0 Å². The van der Waals surface area contributed by atoms with E-state index in [1.807, 2.05) is 42.5 Å². The first kappa shape index (κ1) is 18.9. The maximum Gasteiger partial charge on any atom is 0.231 e. The van der Waals surface area contributed by atoms with Crippen LogP contribution in [0.25, 0.3) is 11.3 Å². The van der Waals surface area contributed by atoms with Gasteiger partial charge in [0, 0.05) is 29.4 Å². The van der Waals surface area contributed by atoms with Crippen LogP contribution >= 0.6 is 11.6 Å². The fourth-order valence-corrected chi connectivity index (χ4v) is 5.53. The van der Waals surface area contributed by atoms with E-state index in [-0.39, 0.29) is 12.2 Å². The van der Waals surface area contributed by atoms with Gasteiger partial charge < -0.3 is 23.5 Å². The third-order valence-corrected chi connectivity index (χ3v) is 7.16. The van der Waals surface area contributed by atoms with E-state index in [9.17, 15) is 0 Å². The van der Waals surface area contributed by atoms with Crippen LogP contribution in [0.2, 0.25) is 5.02 Å². The van der Waals surface area contributed by atoms with Crippen molar-refractivity contribution in [3.05, 3.63) is 94.7 Å². The molecule has 1 aromatic heterocycles. The predicted octanol–water partition coefficient (Wildman–Crippen LogP) is 6.03. The Kier molecular flexibility index (Phi) is 4.00. The van der Waals surface area contributed by atoms with Crippen LogP contribution in [0.5, 0.6) is 17.2 Å². The van der Waals surface area contributed by atoms with E-state index in [0.717, 1.165) is 46.4 Å². The first-order chi connectivity index (χ1) is 16.2. The molecule has 3 aliphatic heterocycles. The number of hydrogen-bond acceptors (Lipinski definition) is 5. The molecule has 164 valence electrons. The highest BCUT2D eigenvalue weighted by Crippen LogP contribution is 2.54. The van der Waals surface area contributed by atoms with E-state index in [1.165, 1.54) is 11.3 Å². The Morgan fingerprint density at radius 3 is 2.55 bits per heavy atom. The minimum atomic E-state index is -0.259. The summed E-state index contributed by atoms with van der Waals surface area (Å²) < 4.78 is 23.6. The lowest BCUT2D eigenvalue weighted by Crippen LogP contribution is -2.35. The smallest absolute Gasteiger partial charge is 0.231 e. The maximum absolute atomic E-state index is 6.37. The van der Waals surface area contributed by atoms with Crippen LogP contribution in [-0.4, -0.2) is 19.9 Å². The first-order valence-corrected chi connectivity index (χ1v) is 11.3. The van der Waals surface area contributed by atoms with E-state index in [4.69, 9.17) is 30.2 Å². The monoisotopic (exact) mass is 457 g/mol. The van der Waals surface area contributed by atoms with Crippen molar-refractivity contribution < 1.29 is 18.6 Å². The summed E-state index contributed by atoms with van der Waals surface area (Å²) >= 11 is 6.37. The molecule has 0 saturated carbocycles. The molecule has 1 unspecified atom stereocenters. The summed E-state index contributed by atoms with van der Waals surface area (Å²) in [5.41, 5.74) is 4.25. The Balaban J connectivity index is 1.25. The standard InChI is InChI=1S/C27H20ClNO4/c28-21-7-3-1-5-18(21)23-10-9-17(33-23)13-29-14-27(19-6-2-4-8-22(19)29)15-30-24-12-26-25(11-20(24)27)31-16-32-26/h1-12H,13-16H2. The van der Waals surface area contributed by atoms with Crippen molar-refractivity contribution in [1.82, 2.24) is 0 Å². The number of ether oxygens (including phenoxy) is 3. The number of anilines is 1. The second-order valence-electron chi connectivity index (χ2n) is 8.69. The highest BCUT2D eigenvalue weighted by atomic mass is 35.5. The summed E-state index contributed by atoms with van der Waals surface area (Å²) in [6.07, 6.45) is 0. The van der Waals surface area contributed by atoms with E-state index >= 15 is 0 Å². The van der Waals surface area contributed by atoms with Gasteiger partial charge in [-0.1, -0.05) is 41.9 Å². The topological polar surface area (TPSA) is 44.1 Å². The molecule has 0 bridgehead atoms. The average Bonchev–Trinajstić information content (AvgIpc) is 3.61. The van der Waals surface area contributed by atoms with Crippen molar-refractivity contribution in [1.29, 1.82) is 0 Å². The summed E-state index contributed by atoms with van der Waals surface area (Å²) in [7, 11) is 0. The quantitative estimate of drug-likeness (QED) is 0.376. The zero-order chi connectivity index (χ0) is 22.0. The number of hydrogen-bond donors (Lipinski definition) is 0. The molecule has 1 spiro atoms. The highest BCUT2D eigenvalue weighted by Gasteiger charge is 2.50. The zero-order valence-electron chi connectivity index (χ0n) is 17.7. The zero-order valence-corrected chi connectivity index (χ0v) is 18.5. The molecule has 0 fully saturated rings. The van der Waals surface area contributed by atoms with Gasteiger partial charge in [0.2, 0.25) is 6.79 Å². The van der Waals surface area contributed by atoms with Gasteiger partial charge in [0.25, 0.3) is 0 Å².